The van der Waals surface area contributed by atoms with Crippen molar-refractivity contribution in [2.75, 3.05) is 0 Å². The lowest BCUT2D eigenvalue weighted by Crippen LogP contribution is -2.75. The number of alkyl halides is 34. The van der Waals surface area contributed by atoms with Crippen molar-refractivity contribution in [2.45, 2.75) is 104 Å². The molecule has 2 N–H and O–H groups in total. The molecule has 0 aliphatic heterocycles. The van der Waals surface area contributed by atoms with Crippen molar-refractivity contribution in [3.05, 3.63) is 60.7 Å². The molecule has 4 aromatic carbocycles. The Labute approximate surface area is 404 Å². The smallest absolute Gasteiger partial charge is 0.460 e. The predicted octanol–water partition coefficient (Wildman–Crippen LogP) is 14.6. The van der Waals surface area contributed by atoms with Gasteiger partial charge in [0.1, 0.15) is 21.3 Å². The van der Waals surface area contributed by atoms with Crippen molar-refractivity contribution in [3.63, 3.8) is 0 Å². The van der Waals surface area contributed by atoms with Crippen LogP contribution in [0.4, 0.5) is 149 Å². The van der Waals surface area contributed by atoms with Crippen molar-refractivity contribution in [1.82, 2.24) is 0 Å². The maximum atomic E-state index is 15.5. The van der Waals surface area contributed by atoms with Crippen LogP contribution in [0, 0.1) is 0 Å². The van der Waals surface area contributed by atoms with Gasteiger partial charge in [-0.15, -0.1) is 0 Å². The third-order valence-corrected chi connectivity index (χ3v) is 14.5. The van der Waals surface area contributed by atoms with Gasteiger partial charge in [0.2, 0.25) is 0 Å². The highest BCUT2D eigenvalue weighted by molar-refractivity contribution is 7.93. The molecule has 0 aliphatic rings. The van der Waals surface area contributed by atoms with E-state index in [9.17, 15) is 141 Å². The van der Waals surface area contributed by atoms with Gasteiger partial charge in [-0.3, -0.25) is 0 Å². The maximum Gasteiger partial charge on any atom is 0.460 e. The Kier molecular flexibility index (Phi) is 14.6. The van der Waals surface area contributed by atoms with Gasteiger partial charge in [0.05, 0.1) is 0 Å². The summed E-state index contributed by atoms with van der Waals surface area (Å²) in [5.41, 5.74) is -4.62. The largest absolute Gasteiger partial charge is 0.506 e. The summed E-state index contributed by atoms with van der Waals surface area (Å²) in [4.78, 5) is -6.80. The molecule has 0 heterocycles. The Morgan fingerprint density at radius 1 is 0.282 bits per heavy atom. The molecule has 4 aromatic rings. The van der Waals surface area contributed by atoms with E-state index >= 15 is 35.1 Å². The molecule has 0 atom stereocenters. The van der Waals surface area contributed by atoms with E-state index in [4.69, 9.17) is 0 Å². The minimum atomic E-state index is -9.46. The monoisotopic (exact) mass is 1250 g/mol. The zero-order valence-corrected chi connectivity index (χ0v) is 36.6. The molecule has 6 nitrogen and oxygen atoms in total. The van der Waals surface area contributed by atoms with E-state index < -0.39 is 180 Å². The van der Waals surface area contributed by atoms with Gasteiger partial charge in [-0.2, -0.15) is 149 Å². The van der Waals surface area contributed by atoms with Crippen molar-refractivity contribution >= 4 is 41.2 Å². The van der Waals surface area contributed by atoms with Crippen molar-refractivity contribution < 1.29 is 176 Å². The highest BCUT2D eigenvalue weighted by atomic mass is 32.2. The molecule has 0 bridgehead atoms. The van der Waals surface area contributed by atoms with Gasteiger partial charge in [-0.05, 0) is 33.7 Å². The molecule has 442 valence electrons. The average Bonchev–Trinajstić information content (AvgIpc) is 3.27. The summed E-state index contributed by atoms with van der Waals surface area (Å²) in [5, 5.41) is -0.808. The van der Waals surface area contributed by atoms with Gasteiger partial charge in [-0.25, -0.2) is 16.8 Å². The van der Waals surface area contributed by atoms with E-state index in [1.807, 2.05) is 0 Å². The summed E-state index contributed by atoms with van der Waals surface area (Å²) in [6.07, 6.45) is -16.5. The summed E-state index contributed by atoms with van der Waals surface area (Å²) in [6.45, 7) is 0. The zero-order valence-electron chi connectivity index (χ0n) is 35.0. The highest BCUT2D eigenvalue weighted by Gasteiger charge is 2.98. The molecule has 0 saturated heterocycles. The highest BCUT2D eigenvalue weighted by Crippen LogP contribution is 2.68. The summed E-state index contributed by atoms with van der Waals surface area (Å²) < 4.78 is 532. The van der Waals surface area contributed by atoms with Crippen LogP contribution >= 0.6 is 0 Å². The van der Waals surface area contributed by atoms with Gasteiger partial charge >= 0.3 is 93.9 Å². The number of fused-ring (bicyclic) bond motifs is 2. The lowest BCUT2D eigenvalue weighted by molar-refractivity contribution is -0.458. The maximum absolute atomic E-state index is 15.5. The molecule has 0 spiro atoms. The number of phenols is 2. The first-order valence-corrected chi connectivity index (χ1v) is 21.4. The van der Waals surface area contributed by atoms with Gasteiger partial charge in [0.15, 0.2) is 0 Å². The van der Waals surface area contributed by atoms with Crippen LogP contribution < -0.4 is 0 Å². The van der Waals surface area contributed by atoms with E-state index in [2.05, 4.69) is 0 Å². The fourth-order valence-corrected chi connectivity index (χ4v) is 9.21. The molecule has 0 aromatic heterocycles. The fraction of sp³-hybridized carbons (Fsp3) is 0.444. The Balaban J connectivity index is 2.12. The first kappa shape index (κ1) is 65.0. The molecule has 0 saturated carbocycles. The quantitative estimate of drug-likeness (QED) is 0.102. The van der Waals surface area contributed by atoms with Crippen LogP contribution in [-0.2, 0) is 19.7 Å². The first-order valence-electron chi connectivity index (χ1n) is 18.4. The van der Waals surface area contributed by atoms with E-state index in [1.165, 1.54) is 0 Å². The Bertz CT molecular complexity index is 3040. The standard InChI is InChI=1S/C36H12F34O6S2/c37-21(38,25(45,46)29(53,54)33(61,62)63)23(41,42)27(49,50)31(57,58)35(67,68)77(73,74)15-9-11-5-1-3-7-13(11)17(19(15)71)18-14-8-4-2-6-12(14)10-16(20(18)72)78(75,76)36(69,70)32(59,60)28(51,52)24(43,44)22(39,40)26(47,48)30(55,56)34(64,65)66/h1-10,71-72H. The number of halogens is 34. The molecule has 42 heteroatoms. The minimum absolute atomic E-state index is 0.167. The molecule has 4 rings (SSSR count). The number of phenolic OH excluding ortho intramolecular Hbond substituents is 2. The summed E-state index contributed by atoms with van der Waals surface area (Å²) in [6, 6.07) is 1.17. The second-order valence-electron chi connectivity index (χ2n) is 15.6. The number of sulfone groups is 2. The average molecular weight is 1250 g/mol. The number of benzene rings is 4. The lowest BCUT2D eigenvalue weighted by atomic mass is 9.91. The van der Waals surface area contributed by atoms with Crippen molar-refractivity contribution in [2.24, 2.45) is 0 Å². The number of rotatable bonds is 17. The van der Waals surface area contributed by atoms with Crippen LogP contribution in [0.3, 0.4) is 0 Å². The van der Waals surface area contributed by atoms with Crippen LogP contribution in [-0.4, -0.2) is 121 Å². The molecular formula is C36H12F34O6S2. The normalized spacial score (nSPS) is 15.9. The van der Waals surface area contributed by atoms with E-state index in [0.717, 1.165) is 0 Å². The SMILES string of the molecule is O=S(=O)(c1cc2ccccc2c(-c2c(O)c(S(=O)(=O)C(F)(F)C(F)(F)C(F)(F)C(F)(F)C(F)(F)C(F)(F)C(F)(F)C(F)(F)F)cc3ccccc23)c1O)C(F)(F)C(F)(F)C(F)(F)C(F)(F)C(F)(F)C(F)(F)C(F)(F)C(F)(F)F. The second-order valence-corrected chi connectivity index (χ2v) is 19.5. The third kappa shape index (κ3) is 7.84. The Hall–Kier alpha value is -5.48. The van der Waals surface area contributed by atoms with E-state index in [1.54, 1.807) is 0 Å². The van der Waals surface area contributed by atoms with Crippen LogP contribution in [0.5, 0.6) is 11.5 Å². The van der Waals surface area contributed by atoms with E-state index in [0.29, 0.717) is 24.3 Å². The van der Waals surface area contributed by atoms with Gasteiger partial charge in [0.25, 0.3) is 19.7 Å². The van der Waals surface area contributed by atoms with Crippen LogP contribution in [0.25, 0.3) is 32.7 Å². The van der Waals surface area contributed by atoms with Crippen molar-refractivity contribution in [1.29, 1.82) is 0 Å². The Morgan fingerprint density at radius 3 is 0.692 bits per heavy atom. The molecule has 0 fully saturated rings. The zero-order chi connectivity index (χ0) is 61.8. The molecule has 0 unspecified atom stereocenters. The van der Waals surface area contributed by atoms with Crippen LogP contribution in [0.15, 0.2) is 70.5 Å². The number of aromatic hydroxyl groups is 2. The summed E-state index contributed by atoms with van der Waals surface area (Å²) in [5.74, 6) is -117. The van der Waals surface area contributed by atoms with Gasteiger partial charge in [0, 0.05) is 11.1 Å². The molecule has 78 heavy (non-hydrogen) atoms. The molecule has 0 radical (unpaired) electrons. The molecular weight excluding hydrogens is 1240 g/mol. The first-order chi connectivity index (χ1) is 34.0. The van der Waals surface area contributed by atoms with E-state index in [-0.39, 0.29) is 24.3 Å². The second kappa shape index (κ2) is 17.5. The fourth-order valence-electron chi connectivity index (χ4n) is 6.45. The lowest BCUT2D eigenvalue weighted by Gasteiger charge is -2.42. The van der Waals surface area contributed by atoms with Crippen LogP contribution in [0.2, 0.25) is 0 Å². The summed E-state index contributed by atoms with van der Waals surface area (Å²) >= 11 is 0. The minimum Gasteiger partial charge on any atom is -0.506 e. The summed E-state index contributed by atoms with van der Waals surface area (Å²) in [7, 11) is -17.5. The number of hydrogen-bond donors (Lipinski definition) is 2. The van der Waals surface area contributed by atoms with Gasteiger partial charge < -0.3 is 10.2 Å². The number of hydrogen-bond acceptors (Lipinski definition) is 6. The van der Waals surface area contributed by atoms with Crippen molar-refractivity contribution in [3.8, 4) is 22.6 Å². The topological polar surface area (TPSA) is 109 Å². The molecule has 0 aliphatic carbocycles. The van der Waals surface area contributed by atoms with Crippen LogP contribution in [0.1, 0.15) is 0 Å². The predicted molar refractivity (Wildman–Crippen MR) is 186 cm³/mol. The molecule has 0 amide bonds. The van der Waals surface area contributed by atoms with Gasteiger partial charge in [-0.1, -0.05) is 48.5 Å². The third-order valence-electron chi connectivity index (χ3n) is 10.9. The Morgan fingerprint density at radius 2 is 0.474 bits per heavy atom.